The molecule has 3 heterocycles. The molecule has 0 N–H and O–H groups in total. The van der Waals surface area contributed by atoms with E-state index >= 15 is 0 Å². The molecule has 0 saturated carbocycles. The van der Waals surface area contributed by atoms with Crippen molar-refractivity contribution in [1.29, 1.82) is 0 Å². The number of fused-ring (bicyclic) bond motifs is 6. The van der Waals surface area contributed by atoms with Gasteiger partial charge in [0.2, 0.25) is 0 Å². The minimum Gasteiger partial charge on any atom is -0.373 e. The standard InChI is InChI=1S/C14H8F3NO4S/c15-14(16,17)23(19,20)22-13-11-8(9-3-4-10(11)21-9)6-7-2-1-5-18-12(7)13/h1-6,9-10H. The van der Waals surface area contributed by atoms with Gasteiger partial charge in [-0.15, -0.1) is 0 Å². The summed E-state index contributed by atoms with van der Waals surface area (Å²) in [6.45, 7) is 0. The van der Waals surface area contributed by atoms with Crippen LogP contribution in [-0.2, 0) is 14.9 Å². The molecule has 0 spiro atoms. The van der Waals surface area contributed by atoms with Crippen molar-refractivity contribution in [3.05, 3.63) is 47.7 Å². The molecule has 120 valence electrons. The number of benzene rings is 1. The molecule has 0 radical (unpaired) electrons. The van der Waals surface area contributed by atoms with Gasteiger partial charge in [0.25, 0.3) is 0 Å². The van der Waals surface area contributed by atoms with Gasteiger partial charge in [-0.05, 0) is 17.7 Å². The molecule has 0 aliphatic carbocycles. The second-order valence-electron chi connectivity index (χ2n) is 5.13. The number of halogens is 3. The molecule has 2 bridgehead atoms. The molecule has 4 rings (SSSR count). The van der Waals surface area contributed by atoms with Crippen LogP contribution in [0, 0.1) is 0 Å². The number of hydrogen-bond donors (Lipinski definition) is 0. The first-order valence-electron chi connectivity index (χ1n) is 6.54. The smallest absolute Gasteiger partial charge is 0.373 e. The summed E-state index contributed by atoms with van der Waals surface area (Å²) in [5, 5.41) is 0.475. The second kappa shape index (κ2) is 4.45. The first-order chi connectivity index (χ1) is 10.8. The number of alkyl halides is 3. The fraction of sp³-hybridized carbons (Fsp3) is 0.214. The highest BCUT2D eigenvalue weighted by molar-refractivity contribution is 7.88. The van der Waals surface area contributed by atoms with Crippen LogP contribution in [0.4, 0.5) is 13.2 Å². The summed E-state index contributed by atoms with van der Waals surface area (Å²) in [6.07, 6.45) is 3.70. The average molecular weight is 343 g/mol. The quantitative estimate of drug-likeness (QED) is 0.476. The molecule has 2 unspecified atom stereocenters. The van der Waals surface area contributed by atoms with Crippen LogP contribution in [0.1, 0.15) is 23.3 Å². The van der Waals surface area contributed by atoms with Gasteiger partial charge in [-0.2, -0.15) is 21.6 Å². The lowest BCUT2D eigenvalue weighted by Gasteiger charge is -2.17. The Morgan fingerprint density at radius 2 is 1.96 bits per heavy atom. The predicted molar refractivity (Wildman–Crippen MR) is 73.1 cm³/mol. The third kappa shape index (κ3) is 2.03. The highest BCUT2D eigenvalue weighted by Crippen LogP contribution is 2.52. The Bertz CT molecular complexity index is 952. The zero-order chi connectivity index (χ0) is 16.4. The van der Waals surface area contributed by atoms with Crippen LogP contribution in [0.2, 0.25) is 0 Å². The Kier molecular flexibility index (Phi) is 2.80. The average Bonchev–Trinajstić information content (AvgIpc) is 3.07. The lowest BCUT2D eigenvalue weighted by atomic mass is 9.94. The van der Waals surface area contributed by atoms with E-state index in [-0.39, 0.29) is 11.1 Å². The normalized spacial score (nSPS) is 22.6. The van der Waals surface area contributed by atoms with Crippen LogP contribution in [0.5, 0.6) is 5.75 Å². The third-order valence-electron chi connectivity index (χ3n) is 3.74. The SMILES string of the molecule is O=S(=O)(Oc1c2c(cc3cccnc13)C1C=CC2O1)C(F)(F)F. The minimum atomic E-state index is -5.80. The molecule has 23 heavy (non-hydrogen) atoms. The Morgan fingerprint density at radius 3 is 2.70 bits per heavy atom. The number of hydrogen-bond acceptors (Lipinski definition) is 5. The zero-order valence-corrected chi connectivity index (χ0v) is 12.1. The van der Waals surface area contributed by atoms with Crippen molar-refractivity contribution in [2.24, 2.45) is 0 Å². The summed E-state index contributed by atoms with van der Waals surface area (Å²) in [5.74, 6) is -0.424. The first-order valence-corrected chi connectivity index (χ1v) is 7.95. The van der Waals surface area contributed by atoms with E-state index in [0.29, 0.717) is 10.9 Å². The summed E-state index contributed by atoms with van der Waals surface area (Å²) in [4.78, 5) is 3.97. The third-order valence-corrected chi connectivity index (χ3v) is 4.70. The maximum absolute atomic E-state index is 12.7. The van der Waals surface area contributed by atoms with E-state index in [4.69, 9.17) is 4.74 Å². The molecular weight excluding hydrogens is 335 g/mol. The van der Waals surface area contributed by atoms with Crippen LogP contribution in [0.25, 0.3) is 10.9 Å². The molecule has 2 aliphatic rings. The molecular formula is C14H8F3NO4S. The van der Waals surface area contributed by atoms with Crippen molar-refractivity contribution in [1.82, 2.24) is 4.98 Å². The monoisotopic (exact) mass is 343 g/mol. The molecule has 1 aromatic carbocycles. The second-order valence-corrected chi connectivity index (χ2v) is 6.67. The largest absolute Gasteiger partial charge is 0.534 e. The summed E-state index contributed by atoms with van der Waals surface area (Å²) < 4.78 is 70.9. The van der Waals surface area contributed by atoms with Crippen molar-refractivity contribution < 1.29 is 30.5 Å². The molecule has 0 saturated heterocycles. The Labute approximate surface area is 128 Å². The van der Waals surface area contributed by atoms with Crippen molar-refractivity contribution >= 4 is 21.0 Å². The van der Waals surface area contributed by atoms with Gasteiger partial charge in [-0.25, -0.2) is 0 Å². The topological polar surface area (TPSA) is 65.5 Å². The van der Waals surface area contributed by atoms with Gasteiger partial charge >= 0.3 is 15.6 Å². The van der Waals surface area contributed by atoms with Crippen LogP contribution in [-0.4, -0.2) is 18.9 Å². The van der Waals surface area contributed by atoms with Gasteiger partial charge in [-0.3, -0.25) is 4.98 Å². The van der Waals surface area contributed by atoms with E-state index in [1.165, 1.54) is 6.20 Å². The van der Waals surface area contributed by atoms with Crippen LogP contribution >= 0.6 is 0 Å². The molecule has 5 nitrogen and oxygen atoms in total. The highest BCUT2D eigenvalue weighted by atomic mass is 32.2. The van der Waals surface area contributed by atoms with Crippen molar-refractivity contribution in [2.75, 3.05) is 0 Å². The Balaban J connectivity index is 1.98. The summed E-state index contributed by atoms with van der Waals surface area (Å²) in [5.41, 5.74) is -4.61. The van der Waals surface area contributed by atoms with E-state index in [0.717, 1.165) is 0 Å². The van der Waals surface area contributed by atoms with Crippen molar-refractivity contribution in [3.8, 4) is 5.75 Å². The van der Waals surface area contributed by atoms with E-state index in [9.17, 15) is 21.6 Å². The van der Waals surface area contributed by atoms with Crippen LogP contribution < -0.4 is 4.18 Å². The molecule has 9 heteroatoms. The molecule has 2 atom stereocenters. The van der Waals surface area contributed by atoms with Gasteiger partial charge in [0.15, 0.2) is 5.75 Å². The Hall–Kier alpha value is -2.13. The Morgan fingerprint density at radius 1 is 1.22 bits per heavy atom. The van der Waals surface area contributed by atoms with Crippen molar-refractivity contribution in [2.45, 2.75) is 17.7 Å². The number of pyridine rings is 1. The first kappa shape index (κ1) is 14.5. The number of ether oxygens (including phenoxy) is 1. The summed E-state index contributed by atoms with van der Waals surface area (Å²) in [7, 11) is -5.80. The van der Waals surface area contributed by atoms with Gasteiger partial charge in [0.05, 0.1) is 0 Å². The van der Waals surface area contributed by atoms with Gasteiger partial charge < -0.3 is 8.92 Å². The summed E-state index contributed by atoms with van der Waals surface area (Å²) in [6, 6.07) is 4.94. The molecule has 2 aromatic rings. The molecule has 1 aromatic heterocycles. The number of rotatable bonds is 2. The van der Waals surface area contributed by atoms with Crippen LogP contribution in [0.15, 0.2) is 36.5 Å². The fourth-order valence-electron chi connectivity index (χ4n) is 2.79. The van der Waals surface area contributed by atoms with E-state index in [1.54, 1.807) is 30.4 Å². The van der Waals surface area contributed by atoms with E-state index in [2.05, 4.69) is 9.17 Å². The minimum absolute atomic E-state index is 0.0450. The molecule has 0 fully saturated rings. The molecule has 0 amide bonds. The van der Waals surface area contributed by atoms with Gasteiger partial charge in [0.1, 0.15) is 17.7 Å². The maximum atomic E-state index is 12.7. The molecule has 2 aliphatic heterocycles. The number of aromatic nitrogens is 1. The van der Waals surface area contributed by atoms with E-state index in [1.807, 2.05) is 0 Å². The van der Waals surface area contributed by atoms with E-state index < -0.39 is 33.6 Å². The van der Waals surface area contributed by atoms with Crippen LogP contribution in [0.3, 0.4) is 0 Å². The maximum Gasteiger partial charge on any atom is 0.534 e. The predicted octanol–water partition coefficient (Wildman–Crippen LogP) is 3.15. The number of nitrogens with zero attached hydrogens (tertiary/aromatic N) is 1. The van der Waals surface area contributed by atoms with Gasteiger partial charge in [-0.1, -0.05) is 18.2 Å². The lowest BCUT2D eigenvalue weighted by molar-refractivity contribution is -0.0500. The highest BCUT2D eigenvalue weighted by Gasteiger charge is 2.50. The lowest BCUT2D eigenvalue weighted by Crippen LogP contribution is -2.28. The summed E-state index contributed by atoms with van der Waals surface area (Å²) >= 11 is 0. The zero-order valence-electron chi connectivity index (χ0n) is 11.2. The van der Waals surface area contributed by atoms with Gasteiger partial charge in [0, 0.05) is 17.1 Å². The van der Waals surface area contributed by atoms with Crippen molar-refractivity contribution in [3.63, 3.8) is 0 Å². The fourth-order valence-corrected chi connectivity index (χ4v) is 3.27.